The zero-order valence-electron chi connectivity index (χ0n) is 18.7. The molecule has 0 bridgehead atoms. The first-order chi connectivity index (χ1) is 14.4. The molecule has 0 unspecified atom stereocenters. The van der Waals surface area contributed by atoms with Gasteiger partial charge in [-0.25, -0.2) is 4.79 Å². The van der Waals surface area contributed by atoms with Gasteiger partial charge in [-0.2, -0.15) is 0 Å². The number of rotatable bonds is 4. The lowest BCUT2D eigenvalue weighted by Crippen LogP contribution is -2.67. The van der Waals surface area contributed by atoms with Gasteiger partial charge in [0.1, 0.15) is 6.17 Å². The Kier molecular flexibility index (Phi) is 4.63. The monoisotopic (exact) mass is 426 g/mol. The summed E-state index contributed by atoms with van der Waals surface area (Å²) in [5.74, 6) is -1.47. The Labute approximate surface area is 182 Å². The number of nitrogens with zero attached hydrogens (tertiary/aromatic N) is 2. The van der Waals surface area contributed by atoms with Crippen LogP contribution in [0.1, 0.15) is 53.0 Å². The predicted octanol–water partition coefficient (Wildman–Crippen LogP) is 2.72. The van der Waals surface area contributed by atoms with Crippen LogP contribution < -0.4 is 4.90 Å². The van der Waals surface area contributed by atoms with Crippen LogP contribution in [0.3, 0.4) is 0 Å². The van der Waals surface area contributed by atoms with Crippen molar-refractivity contribution in [1.82, 2.24) is 4.90 Å². The number of morpholine rings is 1. The van der Waals surface area contributed by atoms with Crippen molar-refractivity contribution in [2.45, 2.75) is 70.9 Å². The van der Waals surface area contributed by atoms with Crippen LogP contribution in [0.4, 0.5) is 5.69 Å². The summed E-state index contributed by atoms with van der Waals surface area (Å²) in [4.78, 5) is 42.4. The van der Waals surface area contributed by atoms with Crippen LogP contribution in [-0.2, 0) is 24.5 Å². The van der Waals surface area contributed by atoms with Crippen LogP contribution in [0.25, 0.3) is 0 Å². The molecule has 0 radical (unpaired) electrons. The summed E-state index contributed by atoms with van der Waals surface area (Å²) < 4.78 is 5.46. The van der Waals surface area contributed by atoms with E-state index in [1.165, 1.54) is 11.8 Å². The number of hydrogen-bond donors (Lipinski definition) is 1. The van der Waals surface area contributed by atoms with E-state index in [1.54, 1.807) is 11.0 Å². The van der Waals surface area contributed by atoms with Gasteiger partial charge in [0.05, 0.1) is 5.41 Å². The lowest BCUT2D eigenvalue weighted by molar-refractivity contribution is -0.215. The normalized spacial score (nSPS) is 32.0. The number of carbonyl (C=O) groups excluding carboxylic acids is 3. The summed E-state index contributed by atoms with van der Waals surface area (Å²) in [7, 11) is 0. The summed E-state index contributed by atoms with van der Waals surface area (Å²) in [6.07, 6.45) is 0.172. The number of aliphatic hydroxyl groups is 1. The molecule has 3 aliphatic heterocycles. The second-order valence-electron chi connectivity index (χ2n) is 9.90. The smallest absolute Gasteiger partial charge is 0.360 e. The van der Waals surface area contributed by atoms with Gasteiger partial charge < -0.3 is 9.84 Å². The highest BCUT2D eigenvalue weighted by atomic mass is 16.6. The SMILES string of the molecule is C=CC(C)(C)[C@@]12C[C@]3(O)C(=O)O[C@@H](CC(C)C)C(=O)N3[C@@H]1N(C(C)=O)c1ccccc12. The maximum absolute atomic E-state index is 13.6. The number of anilines is 1. The molecule has 7 nitrogen and oxygen atoms in total. The number of cyclic esters (lactones) is 1. The van der Waals surface area contributed by atoms with Crippen molar-refractivity contribution < 1.29 is 24.2 Å². The number of esters is 1. The van der Waals surface area contributed by atoms with E-state index >= 15 is 0 Å². The van der Waals surface area contributed by atoms with Crippen LogP contribution in [-0.4, -0.2) is 45.8 Å². The fourth-order valence-corrected chi connectivity index (χ4v) is 5.66. The standard InChI is InChI=1S/C24H30N2O5/c1-7-22(5,6)23-13-24(30)21(29)31-18(12-14(2)3)19(28)26(24)20(23)25(15(4)27)17-11-9-8-10-16(17)23/h7-11,14,18,20,30H,1,12-13H2,2-6H3/t18-,20-,23+,24-/m0/s1. The minimum Gasteiger partial charge on any atom is -0.449 e. The topological polar surface area (TPSA) is 87.2 Å². The maximum atomic E-state index is 13.6. The Bertz CT molecular complexity index is 986. The van der Waals surface area contributed by atoms with Gasteiger partial charge in [-0.3, -0.25) is 19.4 Å². The lowest BCUT2D eigenvalue weighted by atomic mass is 9.60. The molecule has 4 rings (SSSR count). The molecule has 2 saturated heterocycles. The fourth-order valence-electron chi connectivity index (χ4n) is 5.66. The lowest BCUT2D eigenvalue weighted by Gasteiger charge is -2.46. The number of hydrogen-bond acceptors (Lipinski definition) is 5. The minimum absolute atomic E-state index is 0.0799. The molecule has 1 N–H and O–H groups in total. The Hall–Kier alpha value is -2.67. The predicted molar refractivity (Wildman–Crippen MR) is 115 cm³/mol. The van der Waals surface area contributed by atoms with Crippen LogP contribution >= 0.6 is 0 Å². The third kappa shape index (κ3) is 2.59. The van der Waals surface area contributed by atoms with Gasteiger partial charge in [-0.1, -0.05) is 52.0 Å². The van der Waals surface area contributed by atoms with Gasteiger partial charge in [0.15, 0.2) is 6.10 Å². The average molecular weight is 427 g/mol. The maximum Gasteiger partial charge on any atom is 0.360 e. The second kappa shape index (κ2) is 6.66. The van der Waals surface area contributed by atoms with E-state index in [0.29, 0.717) is 12.1 Å². The zero-order chi connectivity index (χ0) is 22.9. The highest BCUT2D eigenvalue weighted by Crippen LogP contribution is 2.64. The van der Waals surface area contributed by atoms with Crippen molar-refractivity contribution in [1.29, 1.82) is 0 Å². The zero-order valence-corrected chi connectivity index (χ0v) is 18.7. The number of fused-ring (bicyclic) bond motifs is 5. The second-order valence-corrected chi connectivity index (χ2v) is 9.90. The molecule has 0 spiro atoms. The number of ether oxygens (including phenoxy) is 1. The summed E-state index contributed by atoms with van der Waals surface area (Å²) in [6.45, 7) is 13.2. The van der Waals surface area contributed by atoms with E-state index in [2.05, 4.69) is 6.58 Å². The molecule has 1 aromatic carbocycles. The minimum atomic E-state index is -2.16. The van der Waals surface area contributed by atoms with E-state index < -0.39 is 40.7 Å². The molecule has 0 aromatic heterocycles. The van der Waals surface area contributed by atoms with Crippen LogP contribution in [0.15, 0.2) is 36.9 Å². The first-order valence-corrected chi connectivity index (χ1v) is 10.7. The molecule has 31 heavy (non-hydrogen) atoms. The Morgan fingerprint density at radius 1 is 1.35 bits per heavy atom. The molecule has 0 saturated carbocycles. The van der Waals surface area contributed by atoms with E-state index in [9.17, 15) is 19.5 Å². The Morgan fingerprint density at radius 3 is 2.58 bits per heavy atom. The van der Waals surface area contributed by atoms with Gasteiger partial charge >= 0.3 is 5.97 Å². The molecule has 166 valence electrons. The van der Waals surface area contributed by atoms with Crippen molar-refractivity contribution in [2.24, 2.45) is 11.3 Å². The molecular weight excluding hydrogens is 396 g/mol. The van der Waals surface area contributed by atoms with E-state index in [0.717, 1.165) is 5.56 Å². The molecule has 4 atom stereocenters. The number of benzene rings is 1. The van der Waals surface area contributed by atoms with E-state index in [4.69, 9.17) is 4.74 Å². The van der Waals surface area contributed by atoms with Gasteiger partial charge in [-0.05, 0) is 29.4 Å². The van der Waals surface area contributed by atoms with Crippen molar-refractivity contribution in [3.05, 3.63) is 42.5 Å². The first-order valence-electron chi connectivity index (χ1n) is 10.7. The van der Waals surface area contributed by atoms with Crippen molar-refractivity contribution in [3.8, 4) is 0 Å². The molecule has 2 amide bonds. The summed E-state index contributed by atoms with van der Waals surface area (Å²) >= 11 is 0. The molecule has 7 heteroatoms. The summed E-state index contributed by atoms with van der Waals surface area (Å²) in [5, 5.41) is 11.6. The van der Waals surface area contributed by atoms with E-state index in [1.807, 2.05) is 52.0 Å². The Balaban J connectivity index is 2.00. The fraction of sp³-hybridized carbons (Fsp3) is 0.542. The highest BCUT2D eigenvalue weighted by molar-refractivity contribution is 6.01. The van der Waals surface area contributed by atoms with Gasteiger partial charge in [-0.15, -0.1) is 6.58 Å². The average Bonchev–Trinajstić information content (AvgIpc) is 3.14. The van der Waals surface area contributed by atoms with Crippen molar-refractivity contribution in [2.75, 3.05) is 4.90 Å². The quantitative estimate of drug-likeness (QED) is 0.591. The molecule has 1 aromatic rings. The van der Waals surface area contributed by atoms with Crippen molar-refractivity contribution in [3.63, 3.8) is 0 Å². The van der Waals surface area contributed by atoms with Crippen LogP contribution in [0.5, 0.6) is 0 Å². The largest absolute Gasteiger partial charge is 0.449 e. The van der Waals surface area contributed by atoms with Crippen LogP contribution in [0.2, 0.25) is 0 Å². The molecule has 3 heterocycles. The first kappa shape index (κ1) is 21.6. The molecule has 2 fully saturated rings. The third-order valence-electron chi connectivity index (χ3n) is 7.27. The van der Waals surface area contributed by atoms with Gasteiger partial charge in [0, 0.05) is 19.0 Å². The van der Waals surface area contributed by atoms with Gasteiger partial charge in [0.2, 0.25) is 11.6 Å². The number of amides is 2. The molecule has 0 aliphatic carbocycles. The third-order valence-corrected chi connectivity index (χ3v) is 7.27. The summed E-state index contributed by atoms with van der Waals surface area (Å²) in [5.41, 5.74) is -2.27. The molecular formula is C24H30N2O5. The molecule has 3 aliphatic rings. The summed E-state index contributed by atoms with van der Waals surface area (Å²) in [6, 6.07) is 7.45. The van der Waals surface area contributed by atoms with Crippen molar-refractivity contribution >= 4 is 23.5 Å². The van der Waals surface area contributed by atoms with Crippen LogP contribution in [0, 0.1) is 11.3 Å². The number of allylic oxidation sites excluding steroid dienone is 1. The highest BCUT2D eigenvalue weighted by Gasteiger charge is 2.76. The Morgan fingerprint density at radius 2 is 2.00 bits per heavy atom. The van der Waals surface area contributed by atoms with E-state index in [-0.39, 0.29) is 18.2 Å². The van der Waals surface area contributed by atoms with Gasteiger partial charge in [0.25, 0.3) is 5.91 Å². The number of para-hydroxylation sites is 1. The number of carbonyl (C=O) groups is 3.